The average molecular weight is 397 g/mol. The number of nitro groups is 1. The van der Waals surface area contributed by atoms with Crippen molar-refractivity contribution in [3.8, 4) is 23.0 Å². The second-order valence-corrected chi connectivity index (χ2v) is 5.39. The van der Waals surface area contributed by atoms with Crippen molar-refractivity contribution in [1.82, 2.24) is 19.9 Å². The van der Waals surface area contributed by atoms with Crippen LogP contribution in [-0.2, 0) is 7.05 Å². The van der Waals surface area contributed by atoms with E-state index in [1.165, 1.54) is 12.1 Å². The zero-order valence-corrected chi connectivity index (χ0v) is 12.9. The predicted octanol–water partition coefficient (Wildman–Crippen LogP) is 2.65. The van der Waals surface area contributed by atoms with Crippen LogP contribution < -0.4 is 0 Å². The van der Waals surface area contributed by atoms with Gasteiger partial charge in [0.15, 0.2) is 5.69 Å². The summed E-state index contributed by atoms with van der Waals surface area (Å²) in [5, 5.41) is 18.7. The summed E-state index contributed by atoms with van der Waals surface area (Å²) >= 11 is 2.13. The van der Waals surface area contributed by atoms with Gasteiger partial charge in [-0.2, -0.15) is 10.1 Å². The van der Waals surface area contributed by atoms with Crippen LogP contribution in [0.4, 0.5) is 5.69 Å². The molecule has 106 valence electrons. The maximum atomic E-state index is 10.6. The van der Waals surface area contributed by atoms with Gasteiger partial charge in [-0.3, -0.25) is 14.8 Å². The number of hydrogen-bond donors (Lipinski definition) is 0. The van der Waals surface area contributed by atoms with Crippen LogP contribution in [0.2, 0.25) is 0 Å². The molecule has 0 radical (unpaired) electrons. The molecule has 0 aliphatic heterocycles. The molecule has 0 saturated heterocycles. The highest BCUT2D eigenvalue weighted by molar-refractivity contribution is 14.1. The van der Waals surface area contributed by atoms with Gasteiger partial charge in [-0.1, -0.05) is 5.16 Å². The van der Waals surface area contributed by atoms with Crippen LogP contribution in [0.25, 0.3) is 23.0 Å². The van der Waals surface area contributed by atoms with E-state index < -0.39 is 4.92 Å². The fraction of sp³-hybridized carbons (Fsp3) is 0.0833. The van der Waals surface area contributed by atoms with Gasteiger partial charge in [0.2, 0.25) is 5.82 Å². The predicted molar refractivity (Wildman–Crippen MR) is 81.3 cm³/mol. The van der Waals surface area contributed by atoms with Gasteiger partial charge in [0.1, 0.15) is 0 Å². The molecule has 3 aromatic rings. The van der Waals surface area contributed by atoms with Crippen LogP contribution in [0, 0.1) is 13.7 Å². The fourth-order valence-corrected chi connectivity index (χ4v) is 2.52. The molecule has 21 heavy (non-hydrogen) atoms. The van der Waals surface area contributed by atoms with Gasteiger partial charge in [0.05, 0.1) is 8.49 Å². The number of benzene rings is 1. The lowest BCUT2D eigenvalue weighted by molar-refractivity contribution is -0.384. The van der Waals surface area contributed by atoms with Gasteiger partial charge in [-0.25, -0.2) is 0 Å². The number of aromatic nitrogens is 4. The third-order valence-electron chi connectivity index (χ3n) is 2.75. The molecule has 2 aromatic heterocycles. The minimum Gasteiger partial charge on any atom is -0.332 e. The summed E-state index contributed by atoms with van der Waals surface area (Å²) in [5.41, 5.74) is 1.27. The average Bonchev–Trinajstić information content (AvgIpc) is 3.05. The molecule has 2 heterocycles. The SMILES string of the molecule is Cn1cc(I)c(-c2nc(-c3ccc([N+](=O)[O-])cc3)no2)n1. The lowest BCUT2D eigenvalue weighted by Gasteiger charge is -1.93. The molecule has 0 aliphatic carbocycles. The Morgan fingerprint density at radius 2 is 2.05 bits per heavy atom. The van der Waals surface area contributed by atoms with Crippen LogP contribution in [0.1, 0.15) is 0 Å². The first kappa shape index (κ1) is 13.7. The van der Waals surface area contributed by atoms with Gasteiger partial charge in [0, 0.05) is 30.9 Å². The summed E-state index contributed by atoms with van der Waals surface area (Å²) in [6.45, 7) is 0. The van der Waals surface area contributed by atoms with E-state index >= 15 is 0 Å². The maximum Gasteiger partial charge on any atom is 0.279 e. The van der Waals surface area contributed by atoms with Gasteiger partial charge < -0.3 is 4.52 Å². The molecule has 0 atom stereocenters. The highest BCUT2D eigenvalue weighted by Gasteiger charge is 2.17. The van der Waals surface area contributed by atoms with E-state index in [0.29, 0.717) is 23.0 Å². The highest BCUT2D eigenvalue weighted by Crippen LogP contribution is 2.25. The van der Waals surface area contributed by atoms with Gasteiger partial charge >= 0.3 is 0 Å². The third-order valence-corrected chi connectivity index (χ3v) is 3.54. The molecule has 0 fully saturated rings. The van der Waals surface area contributed by atoms with E-state index in [1.54, 1.807) is 23.9 Å². The molecule has 1 aromatic carbocycles. The topological polar surface area (TPSA) is 99.9 Å². The molecular weight excluding hydrogens is 389 g/mol. The van der Waals surface area contributed by atoms with Gasteiger partial charge in [-0.05, 0) is 34.7 Å². The van der Waals surface area contributed by atoms with E-state index in [1.807, 2.05) is 6.20 Å². The van der Waals surface area contributed by atoms with Crippen molar-refractivity contribution in [3.63, 3.8) is 0 Å². The number of aryl methyl sites for hydroxylation is 1. The van der Waals surface area contributed by atoms with Crippen molar-refractivity contribution in [2.75, 3.05) is 0 Å². The smallest absolute Gasteiger partial charge is 0.279 e. The Bertz CT molecular complexity index is 809. The van der Waals surface area contributed by atoms with Gasteiger partial charge in [0.25, 0.3) is 11.6 Å². The van der Waals surface area contributed by atoms with Crippen LogP contribution >= 0.6 is 22.6 Å². The molecule has 0 bridgehead atoms. The lowest BCUT2D eigenvalue weighted by atomic mass is 10.2. The largest absolute Gasteiger partial charge is 0.332 e. The van der Waals surface area contributed by atoms with Crippen molar-refractivity contribution in [1.29, 1.82) is 0 Å². The Labute approximate surface area is 132 Å². The number of halogens is 1. The Balaban J connectivity index is 1.94. The minimum atomic E-state index is -0.457. The van der Waals surface area contributed by atoms with Crippen molar-refractivity contribution < 1.29 is 9.45 Å². The summed E-state index contributed by atoms with van der Waals surface area (Å²) in [4.78, 5) is 14.4. The summed E-state index contributed by atoms with van der Waals surface area (Å²) in [6, 6.07) is 5.96. The van der Waals surface area contributed by atoms with Crippen molar-refractivity contribution in [2.24, 2.45) is 7.05 Å². The second-order valence-electron chi connectivity index (χ2n) is 4.23. The third kappa shape index (κ3) is 2.63. The van der Waals surface area contributed by atoms with E-state index in [-0.39, 0.29) is 5.69 Å². The zero-order valence-electron chi connectivity index (χ0n) is 10.7. The molecule has 9 heteroatoms. The molecule has 0 saturated carbocycles. The summed E-state index contributed by atoms with van der Waals surface area (Å²) < 4.78 is 7.76. The summed E-state index contributed by atoms with van der Waals surface area (Å²) in [5.74, 6) is 0.676. The molecule has 0 spiro atoms. The Kier molecular flexibility index (Phi) is 3.41. The van der Waals surface area contributed by atoms with Crippen molar-refractivity contribution >= 4 is 28.3 Å². The van der Waals surface area contributed by atoms with Crippen LogP contribution in [-0.4, -0.2) is 24.8 Å². The summed E-state index contributed by atoms with van der Waals surface area (Å²) in [6.07, 6.45) is 1.84. The first-order valence-electron chi connectivity index (χ1n) is 5.82. The number of rotatable bonds is 3. The molecule has 0 aliphatic rings. The van der Waals surface area contributed by atoms with Crippen LogP contribution in [0.3, 0.4) is 0 Å². The Hall–Kier alpha value is -2.30. The van der Waals surface area contributed by atoms with E-state index in [0.717, 1.165) is 3.57 Å². The van der Waals surface area contributed by atoms with E-state index in [9.17, 15) is 10.1 Å². The minimum absolute atomic E-state index is 0.0155. The van der Waals surface area contributed by atoms with E-state index in [4.69, 9.17) is 4.52 Å². The number of hydrogen-bond acceptors (Lipinski definition) is 6. The first-order chi connectivity index (χ1) is 10.0. The molecule has 8 nitrogen and oxygen atoms in total. The second kappa shape index (κ2) is 5.24. The number of non-ortho nitro benzene ring substituents is 1. The Morgan fingerprint density at radius 3 is 2.62 bits per heavy atom. The van der Waals surface area contributed by atoms with Crippen LogP contribution in [0.5, 0.6) is 0 Å². The monoisotopic (exact) mass is 397 g/mol. The first-order valence-corrected chi connectivity index (χ1v) is 6.90. The van der Waals surface area contributed by atoms with E-state index in [2.05, 4.69) is 37.8 Å². The standard InChI is InChI=1S/C12H8IN5O3/c1-17-6-9(13)10(15-17)12-14-11(16-21-12)7-2-4-8(5-3-7)18(19)20/h2-6H,1H3. The quantitative estimate of drug-likeness (QED) is 0.383. The zero-order chi connectivity index (χ0) is 15.0. The van der Waals surface area contributed by atoms with Gasteiger partial charge in [-0.15, -0.1) is 0 Å². The highest BCUT2D eigenvalue weighted by atomic mass is 127. The molecular formula is C12H8IN5O3. The van der Waals surface area contributed by atoms with Crippen LogP contribution in [0.15, 0.2) is 35.0 Å². The number of nitro benzene ring substituents is 1. The number of nitrogens with zero attached hydrogens (tertiary/aromatic N) is 5. The summed E-state index contributed by atoms with van der Waals surface area (Å²) in [7, 11) is 1.80. The van der Waals surface area contributed by atoms with Crippen molar-refractivity contribution in [3.05, 3.63) is 44.1 Å². The molecule has 0 amide bonds. The molecule has 0 unspecified atom stereocenters. The fourth-order valence-electron chi connectivity index (χ4n) is 1.77. The maximum absolute atomic E-state index is 10.6. The normalized spacial score (nSPS) is 10.8. The van der Waals surface area contributed by atoms with Crippen molar-refractivity contribution in [2.45, 2.75) is 0 Å². The molecule has 0 N–H and O–H groups in total. The Morgan fingerprint density at radius 1 is 1.33 bits per heavy atom. The molecule has 3 rings (SSSR count). The lowest BCUT2D eigenvalue weighted by Crippen LogP contribution is -1.89.